The largest absolute Gasteiger partial charge is 0.378 e. The van der Waals surface area contributed by atoms with Crippen molar-refractivity contribution in [3.8, 4) is 0 Å². The lowest BCUT2D eigenvalue weighted by molar-refractivity contribution is 0.0620. The van der Waals surface area contributed by atoms with Crippen molar-refractivity contribution in [2.45, 2.75) is 45.8 Å². The number of aromatic nitrogens is 1. The minimum Gasteiger partial charge on any atom is -0.378 e. The minimum absolute atomic E-state index is 0.224. The zero-order chi connectivity index (χ0) is 12.3. The summed E-state index contributed by atoms with van der Waals surface area (Å²) in [6, 6.07) is 0.524. The first-order valence-electron chi connectivity index (χ1n) is 6.36. The molecule has 2 unspecified atom stereocenters. The lowest BCUT2D eigenvalue weighted by Gasteiger charge is -2.32. The molecule has 4 heteroatoms. The second-order valence-corrected chi connectivity index (χ2v) is 6.24. The van der Waals surface area contributed by atoms with Gasteiger partial charge >= 0.3 is 0 Å². The fourth-order valence-electron chi connectivity index (χ4n) is 2.39. The third kappa shape index (κ3) is 3.06. The van der Waals surface area contributed by atoms with Crippen LogP contribution in [0.4, 0.5) is 0 Å². The molecule has 1 aromatic rings. The SMILES string of the molecule is CC(C)NCC1(Cc2nccs2)CCOC1C. The number of thiazole rings is 1. The molecule has 1 saturated heterocycles. The van der Waals surface area contributed by atoms with Crippen molar-refractivity contribution in [1.29, 1.82) is 0 Å². The van der Waals surface area contributed by atoms with Gasteiger partial charge in [-0.15, -0.1) is 11.3 Å². The Morgan fingerprint density at radius 3 is 3.00 bits per heavy atom. The predicted molar refractivity (Wildman–Crippen MR) is 71.4 cm³/mol. The van der Waals surface area contributed by atoms with Crippen LogP contribution in [0.25, 0.3) is 0 Å². The van der Waals surface area contributed by atoms with E-state index in [1.165, 1.54) is 5.01 Å². The third-order valence-electron chi connectivity index (χ3n) is 3.68. The average molecular weight is 254 g/mol. The molecule has 1 aliphatic heterocycles. The van der Waals surface area contributed by atoms with Crippen molar-refractivity contribution in [2.24, 2.45) is 5.41 Å². The normalized spacial score (nSPS) is 29.1. The third-order valence-corrected chi connectivity index (χ3v) is 4.46. The molecule has 0 spiro atoms. The van der Waals surface area contributed by atoms with Crippen molar-refractivity contribution in [3.05, 3.63) is 16.6 Å². The van der Waals surface area contributed by atoms with Gasteiger partial charge in [0.25, 0.3) is 0 Å². The molecule has 0 aromatic carbocycles. The van der Waals surface area contributed by atoms with Gasteiger partial charge in [-0.1, -0.05) is 13.8 Å². The van der Waals surface area contributed by atoms with Gasteiger partial charge in [0.05, 0.1) is 11.1 Å². The first-order chi connectivity index (χ1) is 8.12. The standard InChI is InChI=1S/C13H22N2OS/c1-10(2)15-9-13(4-6-16-11(13)3)8-12-14-5-7-17-12/h5,7,10-11,15H,4,6,8-9H2,1-3H3. The van der Waals surface area contributed by atoms with Crippen LogP contribution >= 0.6 is 11.3 Å². The first-order valence-corrected chi connectivity index (χ1v) is 7.24. The Morgan fingerprint density at radius 1 is 1.65 bits per heavy atom. The highest BCUT2D eigenvalue weighted by Gasteiger charge is 2.41. The van der Waals surface area contributed by atoms with Gasteiger partial charge in [-0.05, 0) is 13.3 Å². The van der Waals surface area contributed by atoms with E-state index >= 15 is 0 Å². The maximum atomic E-state index is 5.79. The number of nitrogens with one attached hydrogen (secondary N) is 1. The molecular formula is C13H22N2OS. The smallest absolute Gasteiger partial charge is 0.0931 e. The number of hydrogen-bond donors (Lipinski definition) is 1. The quantitative estimate of drug-likeness (QED) is 0.876. The Bertz CT molecular complexity index is 339. The topological polar surface area (TPSA) is 34.2 Å². The van der Waals surface area contributed by atoms with E-state index in [9.17, 15) is 0 Å². The van der Waals surface area contributed by atoms with Gasteiger partial charge in [-0.3, -0.25) is 0 Å². The minimum atomic E-state index is 0.224. The summed E-state index contributed by atoms with van der Waals surface area (Å²) < 4.78 is 5.79. The van der Waals surface area contributed by atoms with Crippen molar-refractivity contribution >= 4 is 11.3 Å². The molecule has 0 saturated carbocycles. The van der Waals surface area contributed by atoms with Gasteiger partial charge in [-0.2, -0.15) is 0 Å². The van der Waals surface area contributed by atoms with Crippen molar-refractivity contribution in [3.63, 3.8) is 0 Å². The van der Waals surface area contributed by atoms with Crippen LogP contribution in [0.15, 0.2) is 11.6 Å². The van der Waals surface area contributed by atoms with Gasteiger partial charge < -0.3 is 10.1 Å². The van der Waals surface area contributed by atoms with Gasteiger partial charge in [0.2, 0.25) is 0 Å². The van der Waals surface area contributed by atoms with E-state index in [1.807, 2.05) is 6.20 Å². The van der Waals surface area contributed by atoms with Crippen LogP contribution in [0, 0.1) is 5.41 Å². The van der Waals surface area contributed by atoms with Crippen molar-refractivity contribution in [1.82, 2.24) is 10.3 Å². The second-order valence-electron chi connectivity index (χ2n) is 5.26. The maximum Gasteiger partial charge on any atom is 0.0931 e. The van der Waals surface area contributed by atoms with Crippen LogP contribution in [-0.4, -0.2) is 30.3 Å². The van der Waals surface area contributed by atoms with E-state index in [0.717, 1.165) is 26.0 Å². The van der Waals surface area contributed by atoms with E-state index in [4.69, 9.17) is 4.74 Å². The summed E-state index contributed by atoms with van der Waals surface area (Å²) in [7, 11) is 0. The zero-order valence-electron chi connectivity index (χ0n) is 10.9. The molecule has 2 heterocycles. The van der Waals surface area contributed by atoms with Gasteiger partial charge in [-0.25, -0.2) is 4.98 Å². The lowest BCUT2D eigenvalue weighted by Crippen LogP contribution is -2.43. The molecule has 1 aromatic heterocycles. The van der Waals surface area contributed by atoms with Gasteiger partial charge in [0.1, 0.15) is 0 Å². The van der Waals surface area contributed by atoms with E-state index < -0.39 is 0 Å². The average Bonchev–Trinajstić information content (AvgIpc) is 2.88. The molecule has 1 N–H and O–H groups in total. The van der Waals surface area contributed by atoms with E-state index in [2.05, 4.69) is 36.5 Å². The molecule has 2 atom stereocenters. The molecule has 0 aliphatic carbocycles. The Balaban J connectivity index is 2.07. The number of ether oxygens (including phenoxy) is 1. The fraction of sp³-hybridized carbons (Fsp3) is 0.769. The lowest BCUT2D eigenvalue weighted by atomic mass is 9.78. The molecule has 1 aliphatic rings. The molecule has 0 bridgehead atoms. The van der Waals surface area contributed by atoms with Crippen LogP contribution in [0.2, 0.25) is 0 Å². The van der Waals surface area contributed by atoms with Crippen molar-refractivity contribution in [2.75, 3.05) is 13.2 Å². The Labute approximate surface area is 108 Å². The molecule has 3 nitrogen and oxygen atoms in total. The summed E-state index contributed by atoms with van der Waals surface area (Å²) in [6.45, 7) is 8.48. The summed E-state index contributed by atoms with van der Waals surface area (Å²) in [4.78, 5) is 4.42. The number of hydrogen-bond acceptors (Lipinski definition) is 4. The summed E-state index contributed by atoms with van der Waals surface area (Å²) in [5.74, 6) is 0. The first kappa shape index (κ1) is 13.0. The summed E-state index contributed by atoms with van der Waals surface area (Å²) in [5.41, 5.74) is 0.224. The number of rotatable bonds is 5. The molecule has 1 fully saturated rings. The summed E-state index contributed by atoms with van der Waals surface area (Å²) >= 11 is 1.75. The zero-order valence-corrected chi connectivity index (χ0v) is 11.7. The van der Waals surface area contributed by atoms with Crippen molar-refractivity contribution < 1.29 is 4.74 Å². The molecule has 96 valence electrons. The monoisotopic (exact) mass is 254 g/mol. The Morgan fingerprint density at radius 2 is 2.47 bits per heavy atom. The molecular weight excluding hydrogens is 232 g/mol. The summed E-state index contributed by atoms with van der Waals surface area (Å²) in [6.07, 6.45) is 4.38. The van der Waals surface area contributed by atoms with E-state index in [0.29, 0.717) is 12.1 Å². The molecule has 0 radical (unpaired) electrons. The van der Waals surface area contributed by atoms with E-state index in [-0.39, 0.29) is 5.41 Å². The molecule has 2 rings (SSSR count). The van der Waals surface area contributed by atoms with E-state index in [1.54, 1.807) is 11.3 Å². The van der Waals surface area contributed by atoms with Crippen LogP contribution in [0.5, 0.6) is 0 Å². The highest BCUT2D eigenvalue weighted by Crippen LogP contribution is 2.38. The van der Waals surface area contributed by atoms with Crippen LogP contribution in [0.1, 0.15) is 32.2 Å². The maximum absolute atomic E-state index is 5.79. The molecule has 0 amide bonds. The fourth-order valence-corrected chi connectivity index (χ4v) is 3.17. The van der Waals surface area contributed by atoms with Crippen LogP contribution in [0.3, 0.4) is 0 Å². The van der Waals surface area contributed by atoms with Gasteiger partial charge in [0.15, 0.2) is 0 Å². The Kier molecular flexibility index (Phi) is 4.17. The second kappa shape index (κ2) is 5.46. The highest BCUT2D eigenvalue weighted by atomic mass is 32.1. The highest BCUT2D eigenvalue weighted by molar-refractivity contribution is 7.09. The van der Waals surface area contributed by atoms with Crippen LogP contribution in [-0.2, 0) is 11.2 Å². The summed E-state index contributed by atoms with van der Waals surface area (Å²) in [5, 5.41) is 6.85. The van der Waals surface area contributed by atoms with Gasteiger partial charge in [0, 0.05) is 42.6 Å². The number of nitrogens with zero attached hydrogens (tertiary/aromatic N) is 1. The molecule has 17 heavy (non-hydrogen) atoms. The predicted octanol–water partition coefficient (Wildman–Crippen LogP) is 2.48. The Hall–Kier alpha value is -0.450. The van der Waals surface area contributed by atoms with Crippen LogP contribution < -0.4 is 5.32 Å².